The molecule has 1 amide bonds. The number of hydrogen-bond acceptors (Lipinski definition) is 2. The first-order valence-electron chi connectivity index (χ1n) is 7.55. The van der Waals surface area contributed by atoms with Crippen LogP contribution in [0.4, 0.5) is 49.6 Å². The van der Waals surface area contributed by atoms with Crippen LogP contribution in [0.1, 0.15) is 29.9 Å². The highest BCUT2D eigenvalue weighted by Gasteiger charge is 2.43. The van der Waals surface area contributed by atoms with Crippen LogP contribution in [0.25, 0.3) is 0 Å². The van der Waals surface area contributed by atoms with E-state index in [9.17, 15) is 48.7 Å². The van der Waals surface area contributed by atoms with E-state index >= 15 is 0 Å². The van der Waals surface area contributed by atoms with Crippen molar-refractivity contribution in [3.8, 4) is 0 Å². The number of amides is 1. The molecule has 1 N–H and O–H groups in total. The second-order valence-electron chi connectivity index (χ2n) is 5.86. The Hall–Kier alpha value is -2.32. The molecule has 0 aliphatic carbocycles. The van der Waals surface area contributed by atoms with Gasteiger partial charge in [0.05, 0.1) is 10.2 Å². The Kier molecular flexibility index (Phi) is 6.18. The fourth-order valence-electron chi connectivity index (χ4n) is 2.39. The maximum atomic E-state index is 13.9. The molecule has 2 aromatic rings. The molecule has 0 spiro atoms. The van der Waals surface area contributed by atoms with E-state index < -0.39 is 69.0 Å². The minimum Gasteiger partial charge on any atom is -0.319 e. The minimum absolute atomic E-state index is 0.240. The molecule has 0 fully saturated rings. The average molecular weight is 516 g/mol. The molecule has 166 valence electrons. The number of rotatable bonds is 3. The number of benzene rings is 1. The fraction of sp³-hybridized carbons (Fsp3) is 0.333. The van der Waals surface area contributed by atoms with Gasteiger partial charge in [0, 0.05) is 0 Å². The molecule has 1 unspecified atom stereocenters. The van der Waals surface area contributed by atoms with Gasteiger partial charge in [-0.05, 0) is 29.8 Å². The number of carbonyl (C=O) groups is 1. The summed E-state index contributed by atoms with van der Waals surface area (Å²) in [6.07, 6.45) is -10.7. The van der Waals surface area contributed by atoms with Crippen molar-refractivity contribution in [3.63, 3.8) is 0 Å². The topological polar surface area (TPSA) is 46.9 Å². The minimum atomic E-state index is -5.78. The Bertz CT molecular complexity index is 983. The number of aromatic nitrogens is 2. The summed E-state index contributed by atoms with van der Waals surface area (Å²) in [7, 11) is 0. The molecular formula is C15H8BrF10N3O. The van der Waals surface area contributed by atoms with E-state index in [0.717, 1.165) is 13.8 Å². The van der Waals surface area contributed by atoms with E-state index in [1.165, 1.54) is 5.32 Å². The molecule has 1 aromatic heterocycles. The van der Waals surface area contributed by atoms with Crippen LogP contribution in [0.15, 0.2) is 4.47 Å². The van der Waals surface area contributed by atoms with Crippen molar-refractivity contribution in [3.05, 3.63) is 44.7 Å². The Balaban J connectivity index is 2.47. The number of hydrogen-bond donors (Lipinski definition) is 1. The zero-order valence-corrected chi connectivity index (χ0v) is 16.1. The van der Waals surface area contributed by atoms with Crippen molar-refractivity contribution in [1.29, 1.82) is 0 Å². The highest BCUT2D eigenvalue weighted by atomic mass is 79.9. The Morgan fingerprint density at radius 3 is 1.80 bits per heavy atom. The van der Waals surface area contributed by atoms with Crippen LogP contribution < -0.4 is 5.32 Å². The molecule has 0 saturated heterocycles. The van der Waals surface area contributed by atoms with Gasteiger partial charge in [0.25, 0.3) is 0 Å². The molecule has 1 heterocycles. The van der Waals surface area contributed by atoms with Crippen LogP contribution in [-0.4, -0.2) is 15.7 Å². The van der Waals surface area contributed by atoms with Crippen LogP contribution >= 0.6 is 15.9 Å². The summed E-state index contributed by atoms with van der Waals surface area (Å²) in [5.74, 6) is -12.2. The maximum absolute atomic E-state index is 13.9. The Morgan fingerprint density at radius 2 is 1.43 bits per heavy atom. The predicted octanol–water partition coefficient (Wildman–Crippen LogP) is 5.75. The first-order valence-corrected chi connectivity index (χ1v) is 8.35. The number of halogens is 11. The zero-order chi connectivity index (χ0) is 23.3. The summed E-state index contributed by atoms with van der Waals surface area (Å²) >= 11 is 2.63. The molecule has 1 aromatic carbocycles. The van der Waals surface area contributed by atoms with Gasteiger partial charge in [-0.1, -0.05) is 0 Å². The lowest BCUT2D eigenvalue weighted by Gasteiger charge is -2.17. The van der Waals surface area contributed by atoms with Crippen LogP contribution in [0.5, 0.6) is 0 Å². The van der Waals surface area contributed by atoms with Crippen molar-refractivity contribution in [2.45, 2.75) is 32.2 Å². The maximum Gasteiger partial charge on any atom is 0.436 e. The third kappa shape index (κ3) is 4.11. The van der Waals surface area contributed by atoms with Crippen molar-refractivity contribution in [2.75, 3.05) is 5.32 Å². The van der Waals surface area contributed by atoms with Gasteiger partial charge in [0.15, 0.2) is 29.0 Å². The van der Waals surface area contributed by atoms with Crippen molar-refractivity contribution < 1.29 is 48.7 Å². The van der Waals surface area contributed by atoms with Gasteiger partial charge in [0.1, 0.15) is 17.3 Å². The zero-order valence-electron chi connectivity index (χ0n) is 14.5. The van der Waals surface area contributed by atoms with Gasteiger partial charge in [-0.25, -0.2) is 17.6 Å². The highest BCUT2D eigenvalue weighted by molar-refractivity contribution is 9.10. The van der Waals surface area contributed by atoms with Crippen molar-refractivity contribution in [2.24, 2.45) is 0 Å². The van der Waals surface area contributed by atoms with Crippen LogP contribution in [0.2, 0.25) is 0 Å². The normalized spacial score (nSPS) is 13.5. The van der Waals surface area contributed by atoms with E-state index in [-0.39, 0.29) is 5.69 Å². The van der Waals surface area contributed by atoms with Crippen molar-refractivity contribution >= 4 is 27.5 Å². The molecule has 2 rings (SSSR count). The van der Waals surface area contributed by atoms with Gasteiger partial charge in [-0.3, -0.25) is 9.48 Å². The van der Waals surface area contributed by atoms with E-state index in [0.29, 0.717) is 4.68 Å². The number of carbonyl (C=O) groups excluding carboxylic acids is 1. The Morgan fingerprint density at radius 1 is 0.967 bits per heavy atom. The largest absolute Gasteiger partial charge is 0.436 e. The highest BCUT2D eigenvalue weighted by Crippen LogP contribution is 2.39. The first kappa shape index (κ1) is 24.0. The van der Waals surface area contributed by atoms with Gasteiger partial charge in [-0.2, -0.15) is 31.4 Å². The van der Waals surface area contributed by atoms with E-state index in [1.807, 2.05) is 0 Å². The third-order valence-electron chi connectivity index (χ3n) is 3.89. The second-order valence-corrected chi connectivity index (χ2v) is 6.65. The van der Waals surface area contributed by atoms with Crippen LogP contribution in [0, 0.1) is 30.2 Å². The van der Waals surface area contributed by atoms with Crippen LogP contribution in [0.3, 0.4) is 0 Å². The smallest absolute Gasteiger partial charge is 0.319 e. The molecular weight excluding hydrogens is 508 g/mol. The van der Waals surface area contributed by atoms with E-state index in [2.05, 4.69) is 21.0 Å². The molecule has 0 saturated carbocycles. The van der Waals surface area contributed by atoms with E-state index in [4.69, 9.17) is 0 Å². The van der Waals surface area contributed by atoms with Gasteiger partial charge in [-0.15, -0.1) is 0 Å². The number of anilines is 1. The first-order chi connectivity index (χ1) is 13.5. The average Bonchev–Trinajstić information content (AvgIpc) is 2.90. The molecule has 1 atom stereocenters. The van der Waals surface area contributed by atoms with Gasteiger partial charge >= 0.3 is 12.4 Å². The summed E-state index contributed by atoms with van der Waals surface area (Å²) in [4.78, 5) is 12.2. The monoisotopic (exact) mass is 515 g/mol. The molecule has 15 heteroatoms. The Labute approximate surface area is 169 Å². The van der Waals surface area contributed by atoms with Crippen LogP contribution in [-0.2, 0) is 17.1 Å². The van der Waals surface area contributed by atoms with Gasteiger partial charge in [0.2, 0.25) is 5.91 Å². The summed E-state index contributed by atoms with van der Waals surface area (Å²) < 4.78 is 131. The molecule has 0 radical (unpaired) electrons. The summed E-state index contributed by atoms with van der Waals surface area (Å²) in [5, 5.41) is 4.51. The number of nitrogens with zero attached hydrogens (tertiary/aromatic N) is 2. The lowest BCUT2D eigenvalue weighted by molar-refractivity contribution is -0.143. The molecule has 30 heavy (non-hydrogen) atoms. The quantitative estimate of drug-likeness (QED) is 0.418. The lowest BCUT2D eigenvalue weighted by atomic mass is 10.1. The standard InChI is InChI=1S/C15H8BrF10N3O/c1-3-6(16)12(15(24,25)26)28-29(3)4(2)13(30)27-11-9(19)7(17)5(14(21,22)23)8(18)10(11)20/h4H,1-2H3,(H,27,30). The molecule has 4 nitrogen and oxygen atoms in total. The van der Waals surface area contributed by atoms with Crippen molar-refractivity contribution in [1.82, 2.24) is 9.78 Å². The second kappa shape index (κ2) is 7.74. The van der Waals surface area contributed by atoms with Gasteiger partial charge < -0.3 is 5.32 Å². The molecule has 0 aliphatic heterocycles. The third-order valence-corrected chi connectivity index (χ3v) is 4.84. The predicted molar refractivity (Wildman–Crippen MR) is 84.3 cm³/mol. The lowest BCUT2D eigenvalue weighted by Crippen LogP contribution is -2.27. The summed E-state index contributed by atoms with van der Waals surface area (Å²) in [5.41, 5.74) is -6.39. The number of nitrogens with one attached hydrogen (secondary N) is 1. The molecule has 0 aliphatic rings. The van der Waals surface area contributed by atoms with E-state index in [1.54, 1.807) is 0 Å². The molecule has 0 bridgehead atoms. The number of alkyl halides is 6. The fourth-order valence-corrected chi connectivity index (χ4v) is 2.87. The summed E-state index contributed by atoms with van der Waals surface area (Å²) in [6, 6.07) is -1.72. The SMILES string of the molecule is Cc1c(Br)c(C(F)(F)F)nn1C(C)C(=O)Nc1c(F)c(F)c(C(F)(F)F)c(F)c1F. The summed E-state index contributed by atoms with van der Waals surface area (Å²) in [6.45, 7) is 2.03.